The molecule has 0 spiro atoms. The molecule has 0 unspecified atom stereocenters. The number of fused-ring (bicyclic) bond motifs is 1. The first-order valence-electron chi connectivity index (χ1n) is 9.06. The molecule has 3 N–H and O–H groups in total. The molecule has 0 aliphatic rings. The fourth-order valence-corrected chi connectivity index (χ4v) is 2.95. The topological polar surface area (TPSA) is 66.0 Å². The van der Waals surface area contributed by atoms with Gasteiger partial charge in [0, 0.05) is 17.5 Å². The van der Waals surface area contributed by atoms with Crippen molar-refractivity contribution in [1.82, 2.24) is 21.2 Å². The normalized spacial score (nSPS) is 10.3. The highest BCUT2D eigenvalue weighted by molar-refractivity contribution is 7.80. The maximum absolute atomic E-state index is 12.8. The monoisotopic (exact) mass is 390 g/mol. The van der Waals surface area contributed by atoms with Crippen molar-refractivity contribution in [3.05, 3.63) is 78.4 Å². The molecule has 3 rings (SSSR count). The smallest absolute Gasteiger partial charge is 0.270 e. The maximum atomic E-state index is 12.8. The number of benzene rings is 2. The van der Waals surface area contributed by atoms with E-state index in [1.54, 1.807) is 12.1 Å². The van der Waals surface area contributed by atoms with Gasteiger partial charge in [0.25, 0.3) is 5.91 Å². The lowest BCUT2D eigenvalue weighted by Crippen LogP contribution is -2.46. The van der Waals surface area contributed by atoms with Crippen LogP contribution in [0.3, 0.4) is 0 Å². The highest BCUT2D eigenvalue weighted by Crippen LogP contribution is 2.25. The molecule has 1 aromatic heterocycles. The Morgan fingerprint density at radius 3 is 2.61 bits per heavy atom. The van der Waals surface area contributed by atoms with Gasteiger partial charge in [-0.1, -0.05) is 55.5 Å². The highest BCUT2D eigenvalue weighted by atomic mass is 32.1. The van der Waals surface area contributed by atoms with Crippen molar-refractivity contribution in [3.63, 3.8) is 0 Å². The zero-order valence-corrected chi connectivity index (χ0v) is 16.5. The molecule has 0 aliphatic heterocycles. The Morgan fingerprint density at radius 2 is 1.89 bits per heavy atom. The van der Waals surface area contributed by atoms with Crippen LogP contribution in [0.1, 0.15) is 22.8 Å². The number of para-hydroxylation sites is 1. The molecule has 0 radical (unpaired) electrons. The number of aryl methyl sites for hydroxylation is 1. The number of hydrogen-bond acceptors (Lipinski definition) is 3. The van der Waals surface area contributed by atoms with Crippen LogP contribution in [-0.2, 0) is 6.42 Å². The summed E-state index contributed by atoms with van der Waals surface area (Å²) >= 11 is 5.11. The number of rotatable bonds is 5. The number of amides is 1. The molecule has 1 heterocycles. The predicted molar refractivity (Wildman–Crippen MR) is 118 cm³/mol. The van der Waals surface area contributed by atoms with Gasteiger partial charge in [-0.25, -0.2) is 4.98 Å². The van der Waals surface area contributed by atoms with Crippen LogP contribution in [0, 0.1) is 0 Å². The maximum Gasteiger partial charge on any atom is 0.270 e. The quantitative estimate of drug-likeness (QED) is 0.352. The predicted octanol–water partition coefficient (Wildman–Crippen LogP) is 3.76. The number of nitrogens with one attached hydrogen (secondary N) is 3. The first-order valence-corrected chi connectivity index (χ1v) is 9.47. The van der Waals surface area contributed by atoms with Crippen molar-refractivity contribution in [2.24, 2.45) is 0 Å². The van der Waals surface area contributed by atoms with Crippen LogP contribution in [0.2, 0.25) is 0 Å². The first-order chi connectivity index (χ1) is 13.6. The second kappa shape index (κ2) is 9.10. The van der Waals surface area contributed by atoms with Crippen LogP contribution in [-0.4, -0.2) is 22.5 Å². The number of carbonyl (C=O) groups excluding carboxylic acids is 1. The van der Waals surface area contributed by atoms with E-state index in [0.29, 0.717) is 17.2 Å². The van der Waals surface area contributed by atoms with Crippen molar-refractivity contribution in [2.75, 3.05) is 6.54 Å². The van der Waals surface area contributed by atoms with Crippen LogP contribution in [0.5, 0.6) is 0 Å². The lowest BCUT2D eigenvalue weighted by molar-refractivity contribution is 0.0945. The molecule has 6 heteroatoms. The van der Waals surface area contributed by atoms with E-state index in [1.165, 1.54) is 5.56 Å². The first kappa shape index (κ1) is 19.5. The van der Waals surface area contributed by atoms with Gasteiger partial charge in [0.1, 0.15) is 0 Å². The standard InChI is InChI=1S/C22H22N4OS/c1-3-13-23-22(28)26-25-21(27)18-14-20(16-11-9-15(4-2)10-12-16)24-19-8-6-5-7-17(18)19/h3,5-12,14H,1,4,13H2,2H3,(H,25,27)(H2,23,26,28). The van der Waals surface area contributed by atoms with Gasteiger partial charge in [-0.2, -0.15) is 0 Å². The number of thiocarbonyl (C=S) groups is 1. The van der Waals surface area contributed by atoms with E-state index >= 15 is 0 Å². The molecule has 3 aromatic rings. The number of hydrogen-bond donors (Lipinski definition) is 3. The number of carbonyl (C=O) groups is 1. The van der Waals surface area contributed by atoms with Crippen molar-refractivity contribution in [3.8, 4) is 11.3 Å². The summed E-state index contributed by atoms with van der Waals surface area (Å²) in [6, 6.07) is 17.6. The van der Waals surface area contributed by atoms with Gasteiger partial charge in [-0.15, -0.1) is 6.58 Å². The Hall–Kier alpha value is -3.25. The van der Waals surface area contributed by atoms with Gasteiger partial charge in [0.05, 0.1) is 16.8 Å². The second-order valence-corrected chi connectivity index (χ2v) is 6.61. The van der Waals surface area contributed by atoms with E-state index in [0.717, 1.165) is 28.6 Å². The summed E-state index contributed by atoms with van der Waals surface area (Å²) in [4.78, 5) is 17.5. The van der Waals surface area contributed by atoms with E-state index in [2.05, 4.69) is 41.8 Å². The van der Waals surface area contributed by atoms with Gasteiger partial charge in [-0.3, -0.25) is 15.6 Å². The third kappa shape index (κ3) is 4.53. The Labute approximate surface area is 169 Å². The lowest BCUT2D eigenvalue weighted by atomic mass is 10.0. The highest BCUT2D eigenvalue weighted by Gasteiger charge is 2.14. The minimum atomic E-state index is -0.284. The summed E-state index contributed by atoms with van der Waals surface area (Å²) in [6.07, 6.45) is 2.66. The molecule has 0 bridgehead atoms. The zero-order chi connectivity index (χ0) is 19.9. The molecule has 0 fully saturated rings. The van der Waals surface area contributed by atoms with Gasteiger partial charge >= 0.3 is 0 Å². The van der Waals surface area contributed by atoms with Crippen LogP contribution >= 0.6 is 12.2 Å². The summed E-state index contributed by atoms with van der Waals surface area (Å²) < 4.78 is 0. The van der Waals surface area contributed by atoms with Gasteiger partial charge < -0.3 is 5.32 Å². The molecule has 0 saturated carbocycles. The average molecular weight is 391 g/mol. The summed E-state index contributed by atoms with van der Waals surface area (Å²) in [6.45, 7) is 6.24. The number of nitrogens with zero attached hydrogens (tertiary/aromatic N) is 1. The molecule has 2 aromatic carbocycles. The number of hydrazine groups is 1. The summed E-state index contributed by atoms with van der Waals surface area (Å²) in [5.74, 6) is -0.284. The van der Waals surface area contributed by atoms with Gasteiger partial charge in [-0.05, 0) is 36.3 Å². The molecule has 0 atom stereocenters. The summed E-state index contributed by atoms with van der Waals surface area (Å²) in [5, 5.41) is 4.00. The number of pyridine rings is 1. The molecule has 28 heavy (non-hydrogen) atoms. The fourth-order valence-electron chi connectivity index (χ4n) is 2.81. The average Bonchev–Trinajstić information content (AvgIpc) is 2.75. The minimum Gasteiger partial charge on any atom is -0.358 e. The van der Waals surface area contributed by atoms with E-state index in [4.69, 9.17) is 17.2 Å². The van der Waals surface area contributed by atoms with E-state index in [-0.39, 0.29) is 5.91 Å². The Morgan fingerprint density at radius 1 is 1.14 bits per heavy atom. The van der Waals surface area contributed by atoms with Crippen LogP contribution in [0.25, 0.3) is 22.2 Å². The molecule has 0 aliphatic carbocycles. The van der Waals surface area contributed by atoms with Crippen molar-refractivity contribution < 1.29 is 4.79 Å². The Kier molecular flexibility index (Phi) is 6.34. The molecule has 5 nitrogen and oxygen atoms in total. The minimum absolute atomic E-state index is 0.284. The SMILES string of the molecule is C=CCNC(=S)NNC(=O)c1cc(-c2ccc(CC)cc2)nc2ccccc12. The molecule has 142 valence electrons. The van der Waals surface area contributed by atoms with Crippen LogP contribution < -0.4 is 16.2 Å². The van der Waals surface area contributed by atoms with Crippen molar-refractivity contribution in [2.45, 2.75) is 13.3 Å². The third-order valence-corrected chi connectivity index (χ3v) is 4.56. The van der Waals surface area contributed by atoms with Crippen molar-refractivity contribution >= 4 is 34.1 Å². The second-order valence-electron chi connectivity index (χ2n) is 6.20. The van der Waals surface area contributed by atoms with Crippen LogP contribution in [0.4, 0.5) is 0 Å². The zero-order valence-electron chi connectivity index (χ0n) is 15.7. The third-order valence-electron chi connectivity index (χ3n) is 4.32. The van der Waals surface area contributed by atoms with E-state index in [9.17, 15) is 4.79 Å². The molecule has 1 amide bonds. The van der Waals surface area contributed by atoms with Gasteiger partial charge in [0.15, 0.2) is 5.11 Å². The number of aromatic nitrogens is 1. The Balaban J connectivity index is 1.92. The van der Waals surface area contributed by atoms with Gasteiger partial charge in [0.2, 0.25) is 0 Å². The van der Waals surface area contributed by atoms with Crippen molar-refractivity contribution in [1.29, 1.82) is 0 Å². The molecule has 0 saturated heterocycles. The lowest BCUT2D eigenvalue weighted by Gasteiger charge is -2.13. The fraction of sp³-hybridized carbons (Fsp3) is 0.136. The summed E-state index contributed by atoms with van der Waals surface area (Å²) in [7, 11) is 0. The van der Waals surface area contributed by atoms with Crippen LogP contribution in [0.15, 0.2) is 67.3 Å². The van der Waals surface area contributed by atoms with E-state index < -0.39 is 0 Å². The largest absolute Gasteiger partial charge is 0.358 e. The molecular weight excluding hydrogens is 368 g/mol. The Bertz CT molecular complexity index is 1010. The van der Waals surface area contributed by atoms with E-state index in [1.807, 2.05) is 36.4 Å². The molecular formula is C22H22N4OS. The summed E-state index contributed by atoms with van der Waals surface area (Å²) in [5.41, 5.74) is 9.61.